The van der Waals surface area contributed by atoms with E-state index in [2.05, 4.69) is 25.4 Å². The van der Waals surface area contributed by atoms with Gasteiger partial charge in [0.25, 0.3) is 0 Å². The van der Waals surface area contributed by atoms with E-state index in [1.807, 2.05) is 25.1 Å². The molecular weight excluding hydrogens is 508 g/mol. The second-order valence-electron chi connectivity index (χ2n) is 7.80. The van der Waals surface area contributed by atoms with Crippen LogP contribution in [0, 0.1) is 12.7 Å². The zero-order valence-corrected chi connectivity index (χ0v) is 20.5. The number of rotatable bonds is 7. The van der Waals surface area contributed by atoms with Crippen molar-refractivity contribution in [3.63, 3.8) is 0 Å². The van der Waals surface area contributed by atoms with Crippen LogP contribution in [0.3, 0.4) is 0 Å². The lowest BCUT2D eigenvalue weighted by molar-refractivity contribution is -0.132. The number of hydrogen-bond acceptors (Lipinski definition) is 8. The van der Waals surface area contributed by atoms with Gasteiger partial charge >= 0.3 is 6.18 Å². The normalized spacial score (nSPS) is 10.8. The lowest BCUT2D eigenvalue weighted by Gasteiger charge is -2.08. The Morgan fingerprint density at radius 2 is 1.84 bits per heavy atom. The molecule has 0 aliphatic rings. The summed E-state index contributed by atoms with van der Waals surface area (Å²) < 4.78 is 54.7. The number of nitrogen functional groups attached to an aromatic ring is 1. The maximum absolute atomic E-state index is 14.7. The van der Waals surface area contributed by atoms with E-state index in [-0.39, 0.29) is 18.0 Å². The van der Waals surface area contributed by atoms with E-state index in [1.165, 1.54) is 17.6 Å². The highest BCUT2D eigenvalue weighted by atomic mass is 19.4. The zero-order chi connectivity index (χ0) is 27.9. The topological polar surface area (TPSA) is 133 Å². The zero-order valence-electron chi connectivity index (χ0n) is 20.5. The molecule has 2 heterocycles. The molecule has 2 aromatic heterocycles. The second kappa shape index (κ2) is 12.0. The van der Waals surface area contributed by atoms with Crippen LogP contribution in [0.2, 0.25) is 0 Å². The summed E-state index contributed by atoms with van der Waals surface area (Å²) in [5.74, 6) is 1.34. The van der Waals surface area contributed by atoms with Crippen LogP contribution in [0.1, 0.15) is 5.56 Å². The lowest BCUT2D eigenvalue weighted by atomic mass is 10.1. The van der Waals surface area contributed by atoms with Gasteiger partial charge in [0.05, 0.1) is 18.5 Å². The van der Waals surface area contributed by atoms with Crippen LogP contribution >= 0.6 is 0 Å². The summed E-state index contributed by atoms with van der Waals surface area (Å²) >= 11 is 0. The minimum absolute atomic E-state index is 0.00743. The van der Waals surface area contributed by atoms with Gasteiger partial charge in [-0.2, -0.15) is 18.2 Å². The number of hydrogen-bond donors (Lipinski definition) is 3. The summed E-state index contributed by atoms with van der Waals surface area (Å²) in [6, 6.07) is 12.1. The summed E-state index contributed by atoms with van der Waals surface area (Å²) in [7, 11) is 3.35. The SMILES string of the molecule is COc1cc(-c2nc(Nc3ccc(-c4ccnc(N)n4)cc3F)n(C)n2)ccc1C.O=CNCC(F)(F)F. The molecular formula is C24H24F4N8O2. The minimum Gasteiger partial charge on any atom is -0.496 e. The fraction of sp³-hybridized carbons (Fsp3) is 0.208. The number of nitrogens with two attached hydrogens (primary N) is 1. The number of benzene rings is 2. The number of aryl methyl sites for hydroxylation is 2. The molecule has 0 radical (unpaired) electrons. The van der Waals surface area contributed by atoms with Crippen LogP contribution in [0.15, 0.2) is 48.7 Å². The molecule has 200 valence electrons. The van der Waals surface area contributed by atoms with E-state index in [1.54, 1.807) is 37.0 Å². The number of nitrogens with one attached hydrogen (secondary N) is 2. The number of nitrogens with zero attached hydrogens (tertiary/aromatic N) is 5. The summed E-state index contributed by atoms with van der Waals surface area (Å²) in [6.45, 7) is 0.709. The number of carbonyl (C=O) groups is 1. The standard InChI is InChI=1S/C21H20FN7O.C3H4F3NO/c1-12-4-5-14(11-18(12)30-3)19-27-21(29(2)28-19)26-17-7-6-13(10-15(17)22)16-8-9-24-20(23)25-16;4-3(5,6)1-7-2-8/h4-11H,1-3H3,(H2,23,24,25)(H,26,27,28);2H,1H2,(H,7,8). The molecule has 4 aromatic rings. The quantitative estimate of drug-likeness (QED) is 0.240. The molecule has 0 spiro atoms. The Hall–Kier alpha value is -4.75. The highest BCUT2D eigenvalue weighted by Gasteiger charge is 2.25. The molecule has 14 heteroatoms. The van der Waals surface area contributed by atoms with E-state index < -0.39 is 18.5 Å². The smallest absolute Gasteiger partial charge is 0.405 e. The van der Waals surface area contributed by atoms with Crippen LogP contribution in [-0.2, 0) is 11.8 Å². The number of ether oxygens (including phenoxy) is 1. The molecule has 0 unspecified atom stereocenters. The Morgan fingerprint density at radius 3 is 2.45 bits per heavy atom. The van der Waals surface area contributed by atoms with E-state index in [0.29, 0.717) is 23.0 Å². The molecule has 0 aliphatic carbocycles. The summed E-state index contributed by atoms with van der Waals surface area (Å²) in [4.78, 5) is 21.7. The predicted octanol–water partition coefficient (Wildman–Crippen LogP) is 4.02. The van der Waals surface area contributed by atoms with Crippen LogP contribution in [0.5, 0.6) is 5.75 Å². The Kier molecular flexibility index (Phi) is 8.78. The van der Waals surface area contributed by atoms with Crippen molar-refractivity contribution in [3.8, 4) is 28.4 Å². The van der Waals surface area contributed by atoms with Gasteiger partial charge in [-0.15, -0.1) is 5.10 Å². The fourth-order valence-electron chi connectivity index (χ4n) is 3.16. The van der Waals surface area contributed by atoms with Crippen molar-refractivity contribution in [2.24, 2.45) is 7.05 Å². The Balaban J connectivity index is 0.000000436. The molecule has 0 fully saturated rings. The van der Waals surface area contributed by atoms with Crippen molar-refractivity contribution in [2.75, 3.05) is 24.7 Å². The first-order chi connectivity index (χ1) is 18.0. The van der Waals surface area contributed by atoms with E-state index in [9.17, 15) is 22.4 Å². The molecule has 10 nitrogen and oxygen atoms in total. The van der Waals surface area contributed by atoms with Crippen LogP contribution < -0.4 is 21.1 Å². The van der Waals surface area contributed by atoms with Crippen molar-refractivity contribution in [3.05, 3.63) is 60.0 Å². The third kappa shape index (κ3) is 7.38. The summed E-state index contributed by atoms with van der Waals surface area (Å²) in [6.07, 6.45) is -2.75. The number of aromatic nitrogens is 5. The molecule has 38 heavy (non-hydrogen) atoms. The van der Waals surface area contributed by atoms with Gasteiger partial charge in [0, 0.05) is 24.4 Å². The number of halogens is 4. The molecule has 2 aromatic carbocycles. The van der Waals surface area contributed by atoms with E-state index in [0.717, 1.165) is 16.9 Å². The van der Waals surface area contributed by atoms with Gasteiger partial charge in [0.1, 0.15) is 18.1 Å². The van der Waals surface area contributed by atoms with E-state index >= 15 is 0 Å². The molecule has 4 N–H and O–H groups in total. The average Bonchev–Trinajstić information content (AvgIpc) is 3.24. The summed E-state index contributed by atoms with van der Waals surface area (Å²) in [5.41, 5.74) is 8.83. The van der Waals surface area contributed by atoms with Crippen molar-refractivity contribution in [1.29, 1.82) is 0 Å². The van der Waals surface area contributed by atoms with Gasteiger partial charge in [0.2, 0.25) is 18.3 Å². The number of carbonyl (C=O) groups excluding carboxylic acids is 1. The minimum atomic E-state index is -4.29. The van der Waals surface area contributed by atoms with Gasteiger partial charge in [-0.3, -0.25) is 4.79 Å². The molecule has 0 bridgehead atoms. The molecule has 0 saturated heterocycles. The number of alkyl halides is 3. The molecule has 4 rings (SSSR count). The van der Waals surface area contributed by atoms with Crippen LogP contribution in [0.25, 0.3) is 22.6 Å². The van der Waals surface area contributed by atoms with Gasteiger partial charge < -0.3 is 21.1 Å². The summed E-state index contributed by atoms with van der Waals surface area (Å²) in [5, 5.41) is 8.89. The third-order valence-corrected chi connectivity index (χ3v) is 5.00. The number of amides is 1. The molecule has 1 amide bonds. The highest BCUT2D eigenvalue weighted by molar-refractivity contribution is 5.67. The third-order valence-electron chi connectivity index (χ3n) is 5.00. The first kappa shape index (κ1) is 27.8. The number of methoxy groups -OCH3 is 1. The van der Waals surface area contributed by atoms with Gasteiger partial charge in [-0.1, -0.05) is 18.2 Å². The van der Waals surface area contributed by atoms with Crippen molar-refractivity contribution < 1.29 is 27.1 Å². The van der Waals surface area contributed by atoms with Gasteiger partial charge in [-0.05, 0) is 36.8 Å². The van der Waals surface area contributed by atoms with Crippen molar-refractivity contribution in [2.45, 2.75) is 13.1 Å². The van der Waals surface area contributed by atoms with Gasteiger partial charge in [-0.25, -0.2) is 19.0 Å². The number of anilines is 3. The highest BCUT2D eigenvalue weighted by Crippen LogP contribution is 2.28. The van der Waals surface area contributed by atoms with Crippen molar-refractivity contribution >= 4 is 24.0 Å². The largest absolute Gasteiger partial charge is 0.496 e. The molecule has 0 saturated carbocycles. The fourth-order valence-corrected chi connectivity index (χ4v) is 3.16. The monoisotopic (exact) mass is 532 g/mol. The molecule has 0 atom stereocenters. The van der Waals surface area contributed by atoms with Gasteiger partial charge in [0.15, 0.2) is 5.82 Å². The lowest BCUT2D eigenvalue weighted by Crippen LogP contribution is -2.27. The molecule has 0 aliphatic heterocycles. The Morgan fingerprint density at radius 1 is 1.11 bits per heavy atom. The average molecular weight is 533 g/mol. The Bertz CT molecular complexity index is 1410. The van der Waals surface area contributed by atoms with Crippen LogP contribution in [0.4, 0.5) is 35.1 Å². The first-order valence-corrected chi connectivity index (χ1v) is 11.0. The second-order valence-corrected chi connectivity index (χ2v) is 7.80. The predicted molar refractivity (Wildman–Crippen MR) is 133 cm³/mol. The van der Waals surface area contributed by atoms with Crippen molar-refractivity contribution in [1.82, 2.24) is 30.0 Å². The van der Waals surface area contributed by atoms with E-state index in [4.69, 9.17) is 10.5 Å². The first-order valence-electron chi connectivity index (χ1n) is 11.0. The maximum atomic E-state index is 14.7. The Labute approximate surface area is 214 Å². The maximum Gasteiger partial charge on any atom is 0.405 e. The van der Waals surface area contributed by atoms with Crippen LogP contribution in [-0.4, -0.2) is 51.0 Å².